The molecule has 0 aliphatic carbocycles. The lowest BCUT2D eigenvalue weighted by Crippen LogP contribution is -2.13. The molecule has 0 heterocycles. The van der Waals surface area contributed by atoms with Crippen molar-refractivity contribution in [1.82, 2.24) is 0 Å². The fourth-order valence-electron chi connectivity index (χ4n) is 1.09. The Kier molecular flexibility index (Phi) is 18.0. The van der Waals surface area contributed by atoms with E-state index in [0.29, 0.717) is 65.3 Å². The summed E-state index contributed by atoms with van der Waals surface area (Å²) in [5.74, 6) is 0.502. The van der Waals surface area contributed by atoms with Gasteiger partial charge in [-0.1, -0.05) is 0 Å². The molecular formula is C12H24ClFO5. The van der Waals surface area contributed by atoms with E-state index in [1.807, 2.05) is 0 Å². The molecule has 0 unspecified atom stereocenters. The van der Waals surface area contributed by atoms with Crippen molar-refractivity contribution in [3.05, 3.63) is 0 Å². The maximum Gasteiger partial charge on any atom is 0.113 e. The lowest BCUT2D eigenvalue weighted by Gasteiger charge is -2.07. The molecule has 0 bridgehead atoms. The maximum absolute atomic E-state index is 11.6. The van der Waals surface area contributed by atoms with Crippen molar-refractivity contribution in [3.63, 3.8) is 0 Å². The minimum atomic E-state index is -0.458. The number of hydrogen-bond donors (Lipinski definition) is 0. The Bertz CT molecular complexity index is 149. The Morgan fingerprint density at radius 2 is 0.842 bits per heavy atom. The first-order valence-corrected chi connectivity index (χ1v) is 6.96. The van der Waals surface area contributed by atoms with E-state index >= 15 is 0 Å². The van der Waals surface area contributed by atoms with Crippen LogP contribution < -0.4 is 0 Å². The van der Waals surface area contributed by atoms with Gasteiger partial charge in [-0.15, -0.1) is 11.6 Å². The normalized spacial score (nSPS) is 11.1. The molecule has 0 saturated carbocycles. The van der Waals surface area contributed by atoms with Crippen molar-refractivity contribution in [2.45, 2.75) is 0 Å². The largest absolute Gasteiger partial charge is 0.378 e. The zero-order valence-electron chi connectivity index (χ0n) is 11.3. The summed E-state index contributed by atoms with van der Waals surface area (Å²) in [6.45, 7) is 4.25. The van der Waals surface area contributed by atoms with Gasteiger partial charge >= 0.3 is 0 Å². The van der Waals surface area contributed by atoms with Crippen molar-refractivity contribution in [2.75, 3.05) is 78.6 Å². The summed E-state index contributed by atoms with van der Waals surface area (Å²) in [4.78, 5) is 0. The van der Waals surface area contributed by atoms with Gasteiger partial charge in [-0.3, -0.25) is 0 Å². The van der Waals surface area contributed by atoms with E-state index in [1.54, 1.807) is 0 Å². The highest BCUT2D eigenvalue weighted by Crippen LogP contribution is 1.84. The molecule has 0 N–H and O–H groups in total. The number of halogens is 2. The summed E-state index contributed by atoms with van der Waals surface area (Å²) in [6.07, 6.45) is 0. The molecule has 0 radical (unpaired) electrons. The summed E-state index contributed by atoms with van der Waals surface area (Å²) < 4.78 is 37.4. The number of hydrogen-bond acceptors (Lipinski definition) is 5. The summed E-state index contributed by atoms with van der Waals surface area (Å²) in [6, 6.07) is 0. The molecule has 19 heavy (non-hydrogen) atoms. The molecule has 0 saturated heterocycles. The van der Waals surface area contributed by atoms with Crippen LogP contribution in [0.5, 0.6) is 0 Å². The zero-order valence-corrected chi connectivity index (χ0v) is 12.0. The summed E-state index contributed by atoms with van der Waals surface area (Å²) in [5.41, 5.74) is 0. The van der Waals surface area contributed by atoms with E-state index in [0.717, 1.165) is 0 Å². The Labute approximate surface area is 119 Å². The van der Waals surface area contributed by atoms with Crippen LogP contribution in [0.25, 0.3) is 0 Å². The average molecular weight is 303 g/mol. The number of alkyl halides is 2. The van der Waals surface area contributed by atoms with Crippen LogP contribution in [0.4, 0.5) is 4.39 Å². The summed E-state index contributed by atoms with van der Waals surface area (Å²) >= 11 is 5.44. The fraction of sp³-hybridized carbons (Fsp3) is 1.00. The smallest absolute Gasteiger partial charge is 0.113 e. The molecule has 5 nitrogen and oxygen atoms in total. The highest BCUT2D eigenvalue weighted by atomic mass is 35.5. The SMILES string of the molecule is FCCOCCOCCOCCOCCOCCCl. The second kappa shape index (κ2) is 18.0. The fourth-order valence-corrected chi connectivity index (χ4v) is 1.20. The molecule has 0 aliphatic heterocycles. The van der Waals surface area contributed by atoms with Crippen LogP contribution in [0, 0.1) is 0 Å². The van der Waals surface area contributed by atoms with Crippen molar-refractivity contribution < 1.29 is 28.1 Å². The second-order valence-corrected chi connectivity index (χ2v) is 3.82. The van der Waals surface area contributed by atoms with Gasteiger partial charge in [0.25, 0.3) is 0 Å². The molecule has 7 heteroatoms. The Morgan fingerprint density at radius 1 is 0.526 bits per heavy atom. The standard InChI is InChI=1S/C12H24ClFO5/c13-1-3-15-5-7-17-9-11-19-12-10-18-8-6-16-4-2-14/h1-12H2. The van der Waals surface area contributed by atoms with Crippen molar-refractivity contribution >= 4 is 11.6 Å². The van der Waals surface area contributed by atoms with Crippen molar-refractivity contribution in [2.24, 2.45) is 0 Å². The van der Waals surface area contributed by atoms with Gasteiger partial charge in [0.1, 0.15) is 6.67 Å². The number of rotatable bonds is 16. The molecule has 0 amide bonds. The molecule has 0 atom stereocenters. The van der Waals surface area contributed by atoms with Gasteiger partial charge in [0.2, 0.25) is 0 Å². The summed E-state index contributed by atoms with van der Waals surface area (Å²) in [7, 11) is 0. The van der Waals surface area contributed by atoms with E-state index in [9.17, 15) is 4.39 Å². The van der Waals surface area contributed by atoms with Crippen LogP contribution in [-0.4, -0.2) is 78.6 Å². The molecular weight excluding hydrogens is 279 g/mol. The third-order valence-corrected chi connectivity index (χ3v) is 2.09. The Hall–Kier alpha value is 0.0200. The Balaban J connectivity index is 2.88. The third-order valence-electron chi connectivity index (χ3n) is 1.93. The quantitative estimate of drug-likeness (QED) is 0.317. The maximum atomic E-state index is 11.6. The first-order chi connectivity index (χ1) is 9.41. The van der Waals surface area contributed by atoms with E-state index in [1.165, 1.54) is 0 Å². The predicted molar refractivity (Wildman–Crippen MR) is 70.8 cm³/mol. The lowest BCUT2D eigenvalue weighted by molar-refractivity contribution is -0.0108. The molecule has 0 fully saturated rings. The van der Waals surface area contributed by atoms with Crippen LogP contribution in [0.15, 0.2) is 0 Å². The molecule has 0 aromatic heterocycles. The van der Waals surface area contributed by atoms with Gasteiger partial charge in [-0.25, -0.2) is 4.39 Å². The lowest BCUT2D eigenvalue weighted by atomic mass is 10.7. The van der Waals surface area contributed by atoms with E-state index in [-0.39, 0.29) is 6.61 Å². The van der Waals surface area contributed by atoms with Gasteiger partial charge in [-0.2, -0.15) is 0 Å². The van der Waals surface area contributed by atoms with Crippen LogP contribution in [0.3, 0.4) is 0 Å². The minimum absolute atomic E-state index is 0.131. The van der Waals surface area contributed by atoms with Crippen LogP contribution in [0.1, 0.15) is 0 Å². The van der Waals surface area contributed by atoms with Crippen molar-refractivity contribution in [1.29, 1.82) is 0 Å². The second-order valence-electron chi connectivity index (χ2n) is 3.44. The van der Waals surface area contributed by atoms with Crippen LogP contribution in [0.2, 0.25) is 0 Å². The van der Waals surface area contributed by atoms with Gasteiger partial charge in [0, 0.05) is 5.88 Å². The highest BCUT2D eigenvalue weighted by Gasteiger charge is 1.93. The summed E-state index contributed by atoms with van der Waals surface area (Å²) in [5, 5.41) is 0. The molecule has 116 valence electrons. The van der Waals surface area contributed by atoms with E-state index in [4.69, 9.17) is 35.3 Å². The van der Waals surface area contributed by atoms with Crippen LogP contribution >= 0.6 is 11.6 Å². The van der Waals surface area contributed by atoms with Crippen molar-refractivity contribution in [3.8, 4) is 0 Å². The number of ether oxygens (including phenoxy) is 5. The molecule has 0 rings (SSSR count). The molecule has 0 spiro atoms. The first kappa shape index (κ1) is 19.0. The highest BCUT2D eigenvalue weighted by molar-refractivity contribution is 6.17. The minimum Gasteiger partial charge on any atom is -0.378 e. The third kappa shape index (κ3) is 18.0. The Morgan fingerprint density at radius 3 is 1.16 bits per heavy atom. The molecule has 0 aliphatic rings. The van der Waals surface area contributed by atoms with Gasteiger partial charge in [0.15, 0.2) is 0 Å². The molecule has 0 aromatic rings. The van der Waals surface area contributed by atoms with Gasteiger partial charge in [0.05, 0.1) is 66.1 Å². The topological polar surface area (TPSA) is 46.2 Å². The first-order valence-electron chi connectivity index (χ1n) is 6.42. The molecule has 0 aromatic carbocycles. The van der Waals surface area contributed by atoms with E-state index in [2.05, 4.69) is 0 Å². The van der Waals surface area contributed by atoms with Gasteiger partial charge in [-0.05, 0) is 0 Å². The van der Waals surface area contributed by atoms with E-state index < -0.39 is 6.67 Å². The predicted octanol–water partition coefficient (Wildman–Crippen LogP) is 1.28. The average Bonchev–Trinajstić information content (AvgIpc) is 2.43. The zero-order chi connectivity index (χ0) is 14.0. The van der Waals surface area contributed by atoms with Crippen LogP contribution in [-0.2, 0) is 23.7 Å². The van der Waals surface area contributed by atoms with Gasteiger partial charge < -0.3 is 23.7 Å². The monoisotopic (exact) mass is 302 g/mol.